The predicted molar refractivity (Wildman–Crippen MR) is 64.8 cm³/mol. The Morgan fingerprint density at radius 1 is 1.53 bits per heavy atom. The van der Waals surface area contributed by atoms with Crippen LogP contribution in [0.2, 0.25) is 0 Å². The molecule has 2 rings (SSSR count). The molecule has 94 valence electrons. The van der Waals surface area contributed by atoms with Crippen LogP contribution >= 0.6 is 11.3 Å². The molecule has 1 aromatic rings. The van der Waals surface area contributed by atoms with E-state index in [9.17, 15) is 4.79 Å². The number of anilines is 1. The van der Waals surface area contributed by atoms with E-state index in [1.54, 1.807) is 11.9 Å². The quantitative estimate of drug-likeness (QED) is 0.857. The number of aromatic nitrogens is 2. The number of hydrogen-bond donors (Lipinski definition) is 1. The Bertz CT molecular complexity index is 389. The van der Waals surface area contributed by atoms with Crippen LogP contribution in [0.5, 0.6) is 0 Å². The van der Waals surface area contributed by atoms with Gasteiger partial charge in [-0.3, -0.25) is 4.79 Å². The molecule has 7 heteroatoms. The van der Waals surface area contributed by atoms with Gasteiger partial charge in [-0.1, -0.05) is 11.3 Å². The number of carbonyl (C=O) groups excluding carboxylic acids is 1. The van der Waals surface area contributed by atoms with E-state index in [4.69, 9.17) is 10.5 Å². The van der Waals surface area contributed by atoms with Crippen molar-refractivity contribution < 1.29 is 9.53 Å². The Balaban J connectivity index is 1.90. The Labute approximate surface area is 104 Å². The van der Waals surface area contributed by atoms with E-state index in [1.165, 1.54) is 0 Å². The molecule has 0 saturated carbocycles. The topological polar surface area (TPSA) is 81.3 Å². The lowest BCUT2D eigenvalue weighted by Gasteiger charge is -2.26. The molecular formula is C10H16N4O2S. The molecule has 6 nitrogen and oxygen atoms in total. The highest BCUT2D eigenvalue weighted by Crippen LogP contribution is 2.18. The number of nitrogens with two attached hydrogens (primary N) is 1. The van der Waals surface area contributed by atoms with E-state index in [0.717, 1.165) is 43.9 Å². The van der Waals surface area contributed by atoms with Crippen LogP contribution < -0.4 is 5.73 Å². The van der Waals surface area contributed by atoms with Crippen LogP contribution in [0.3, 0.4) is 0 Å². The van der Waals surface area contributed by atoms with Gasteiger partial charge >= 0.3 is 0 Å². The minimum Gasteiger partial charge on any atom is -0.381 e. The zero-order valence-electron chi connectivity index (χ0n) is 9.76. The number of amides is 1. The summed E-state index contributed by atoms with van der Waals surface area (Å²) < 4.78 is 5.29. The van der Waals surface area contributed by atoms with Crippen molar-refractivity contribution in [3.05, 3.63) is 5.01 Å². The van der Waals surface area contributed by atoms with Crippen molar-refractivity contribution in [3.63, 3.8) is 0 Å². The van der Waals surface area contributed by atoms with Crippen molar-refractivity contribution in [1.29, 1.82) is 0 Å². The number of ether oxygens (including phenoxy) is 1. The maximum atomic E-state index is 12.0. The smallest absolute Gasteiger partial charge is 0.284 e. The average Bonchev–Trinajstić information content (AvgIpc) is 2.76. The normalized spacial score (nSPS) is 17.0. The number of nitrogens with zero attached hydrogens (tertiary/aromatic N) is 3. The van der Waals surface area contributed by atoms with Gasteiger partial charge in [0.2, 0.25) is 10.1 Å². The second-order valence-electron chi connectivity index (χ2n) is 4.19. The lowest BCUT2D eigenvalue weighted by atomic mass is 10.00. The van der Waals surface area contributed by atoms with E-state index in [1.807, 2.05) is 0 Å². The highest BCUT2D eigenvalue weighted by atomic mass is 32.1. The molecule has 1 aliphatic heterocycles. The van der Waals surface area contributed by atoms with Gasteiger partial charge in [0.1, 0.15) is 0 Å². The molecule has 0 aromatic carbocycles. The highest BCUT2D eigenvalue weighted by molar-refractivity contribution is 7.16. The van der Waals surface area contributed by atoms with Gasteiger partial charge < -0.3 is 15.4 Å². The first-order chi connectivity index (χ1) is 8.16. The van der Waals surface area contributed by atoms with Gasteiger partial charge in [0.05, 0.1) is 0 Å². The summed E-state index contributed by atoms with van der Waals surface area (Å²) in [5, 5.41) is 8.09. The van der Waals surface area contributed by atoms with Gasteiger partial charge in [-0.05, 0) is 18.8 Å². The van der Waals surface area contributed by atoms with E-state index in [0.29, 0.717) is 16.1 Å². The van der Waals surface area contributed by atoms with Gasteiger partial charge in [-0.15, -0.1) is 10.2 Å². The molecule has 1 amide bonds. The Kier molecular flexibility index (Phi) is 3.90. The summed E-state index contributed by atoms with van der Waals surface area (Å²) in [6.07, 6.45) is 2.02. The summed E-state index contributed by atoms with van der Waals surface area (Å²) in [6, 6.07) is 0. The summed E-state index contributed by atoms with van der Waals surface area (Å²) in [6.45, 7) is 2.32. The summed E-state index contributed by atoms with van der Waals surface area (Å²) in [5.74, 6) is 0.411. The molecule has 17 heavy (non-hydrogen) atoms. The maximum absolute atomic E-state index is 12.0. The fourth-order valence-electron chi connectivity index (χ4n) is 1.88. The van der Waals surface area contributed by atoms with E-state index in [-0.39, 0.29) is 5.91 Å². The fraction of sp³-hybridized carbons (Fsp3) is 0.700. The maximum Gasteiger partial charge on any atom is 0.284 e. The number of carbonyl (C=O) groups is 1. The molecule has 2 N–H and O–H groups in total. The first-order valence-corrected chi connectivity index (χ1v) is 6.40. The zero-order chi connectivity index (χ0) is 12.3. The number of hydrogen-bond acceptors (Lipinski definition) is 6. The van der Waals surface area contributed by atoms with Crippen LogP contribution in [-0.2, 0) is 4.74 Å². The van der Waals surface area contributed by atoms with Crippen LogP contribution in [0.15, 0.2) is 0 Å². The molecule has 0 atom stereocenters. The summed E-state index contributed by atoms with van der Waals surface area (Å²) in [4.78, 5) is 13.7. The molecule has 0 bridgehead atoms. The van der Waals surface area contributed by atoms with Crippen molar-refractivity contribution in [1.82, 2.24) is 15.1 Å². The number of nitrogen functional groups attached to an aromatic ring is 1. The standard InChI is InChI=1S/C10H16N4O2S/c1-14(6-7-2-4-16-5-3-7)9(15)8-12-13-10(11)17-8/h7H,2-6H2,1H3,(H2,11,13). The molecule has 2 heterocycles. The highest BCUT2D eigenvalue weighted by Gasteiger charge is 2.21. The minimum absolute atomic E-state index is 0.106. The molecule has 1 aromatic heterocycles. The van der Waals surface area contributed by atoms with Crippen LogP contribution in [0.25, 0.3) is 0 Å². The van der Waals surface area contributed by atoms with Crippen molar-refractivity contribution in [2.45, 2.75) is 12.8 Å². The third-order valence-corrected chi connectivity index (χ3v) is 3.58. The van der Waals surface area contributed by atoms with Crippen LogP contribution in [0.1, 0.15) is 22.6 Å². The van der Waals surface area contributed by atoms with Gasteiger partial charge in [0, 0.05) is 26.8 Å². The Morgan fingerprint density at radius 2 is 2.24 bits per heavy atom. The molecule has 1 saturated heterocycles. The fourth-order valence-corrected chi connectivity index (χ4v) is 2.49. The van der Waals surface area contributed by atoms with Gasteiger partial charge in [0.25, 0.3) is 5.91 Å². The Morgan fingerprint density at radius 3 is 2.82 bits per heavy atom. The van der Waals surface area contributed by atoms with E-state index < -0.39 is 0 Å². The largest absolute Gasteiger partial charge is 0.381 e. The molecule has 1 fully saturated rings. The first-order valence-electron chi connectivity index (χ1n) is 5.59. The average molecular weight is 256 g/mol. The second-order valence-corrected chi connectivity index (χ2v) is 5.20. The monoisotopic (exact) mass is 256 g/mol. The first kappa shape index (κ1) is 12.3. The van der Waals surface area contributed by atoms with Crippen molar-refractivity contribution in [2.24, 2.45) is 5.92 Å². The third-order valence-electron chi connectivity index (χ3n) is 2.84. The predicted octanol–water partition coefficient (Wildman–Crippen LogP) is 0.619. The van der Waals surface area contributed by atoms with Crippen LogP contribution in [0.4, 0.5) is 5.13 Å². The lowest BCUT2D eigenvalue weighted by molar-refractivity contribution is 0.0497. The molecular weight excluding hydrogens is 240 g/mol. The minimum atomic E-state index is -0.106. The summed E-state index contributed by atoms with van der Waals surface area (Å²) in [7, 11) is 1.79. The molecule has 1 aliphatic rings. The molecule has 0 aliphatic carbocycles. The second kappa shape index (κ2) is 5.42. The summed E-state index contributed by atoms with van der Waals surface area (Å²) in [5.41, 5.74) is 5.46. The molecule has 0 radical (unpaired) electrons. The van der Waals surface area contributed by atoms with Crippen LogP contribution in [-0.4, -0.2) is 47.8 Å². The number of rotatable bonds is 3. The van der Waals surface area contributed by atoms with Gasteiger partial charge in [-0.2, -0.15) is 0 Å². The van der Waals surface area contributed by atoms with Crippen molar-refractivity contribution in [2.75, 3.05) is 32.5 Å². The van der Waals surface area contributed by atoms with Gasteiger partial charge in [0.15, 0.2) is 0 Å². The molecule has 0 unspecified atom stereocenters. The van der Waals surface area contributed by atoms with Gasteiger partial charge in [-0.25, -0.2) is 0 Å². The lowest BCUT2D eigenvalue weighted by Crippen LogP contribution is -2.34. The van der Waals surface area contributed by atoms with Crippen LogP contribution in [0, 0.1) is 5.92 Å². The molecule has 0 spiro atoms. The van der Waals surface area contributed by atoms with Crippen molar-refractivity contribution >= 4 is 22.4 Å². The van der Waals surface area contributed by atoms with E-state index >= 15 is 0 Å². The SMILES string of the molecule is CN(CC1CCOCC1)C(=O)c1nnc(N)s1. The Hall–Kier alpha value is -1.21. The van der Waals surface area contributed by atoms with Crippen molar-refractivity contribution in [3.8, 4) is 0 Å². The zero-order valence-corrected chi connectivity index (χ0v) is 10.6. The third kappa shape index (κ3) is 3.13. The van der Waals surface area contributed by atoms with E-state index in [2.05, 4.69) is 10.2 Å². The summed E-state index contributed by atoms with van der Waals surface area (Å²) >= 11 is 1.13.